The van der Waals surface area contributed by atoms with Gasteiger partial charge in [-0.15, -0.1) is 0 Å². The maximum Gasteiger partial charge on any atom is 0.200 e. The largest absolute Gasteiger partial charge is 0.486 e. The van der Waals surface area contributed by atoms with Crippen LogP contribution in [0.4, 0.5) is 5.95 Å². The van der Waals surface area contributed by atoms with Gasteiger partial charge in [-0.05, 0) is 40.5 Å². The summed E-state index contributed by atoms with van der Waals surface area (Å²) in [7, 11) is 0. The second-order valence-electron chi connectivity index (χ2n) is 4.45. The zero-order valence-corrected chi connectivity index (χ0v) is 12.1. The van der Waals surface area contributed by atoms with Crippen molar-refractivity contribution in [3.05, 3.63) is 34.1 Å². The van der Waals surface area contributed by atoms with Gasteiger partial charge in [0.15, 0.2) is 11.5 Å². The first-order valence-corrected chi connectivity index (χ1v) is 6.80. The van der Waals surface area contributed by atoms with Crippen LogP contribution in [0.3, 0.4) is 0 Å². The number of rotatable bonds is 2. The molecule has 0 fully saturated rings. The first kappa shape index (κ1) is 12.3. The van der Waals surface area contributed by atoms with E-state index in [2.05, 4.69) is 20.9 Å². The summed E-state index contributed by atoms with van der Waals surface area (Å²) in [4.78, 5) is 4.10. The highest BCUT2D eigenvalue weighted by atomic mass is 79.9. The fourth-order valence-electron chi connectivity index (χ4n) is 2.12. The Hall–Kier alpha value is -1.69. The lowest BCUT2D eigenvalue weighted by molar-refractivity contribution is 0.170. The minimum atomic E-state index is 0.517. The van der Waals surface area contributed by atoms with Crippen LogP contribution in [0.15, 0.2) is 22.8 Å². The molecular weight excluding hydrogens is 310 g/mol. The van der Waals surface area contributed by atoms with Gasteiger partial charge in [0.2, 0.25) is 5.95 Å². The van der Waals surface area contributed by atoms with Crippen molar-refractivity contribution < 1.29 is 9.47 Å². The van der Waals surface area contributed by atoms with Gasteiger partial charge in [0.1, 0.15) is 13.2 Å². The Labute approximate surface area is 119 Å². The number of aromatic nitrogens is 2. The minimum Gasteiger partial charge on any atom is -0.486 e. The monoisotopic (exact) mass is 323 g/mol. The number of fused-ring (bicyclic) bond motifs is 1. The van der Waals surface area contributed by atoms with Gasteiger partial charge in [0.25, 0.3) is 0 Å². The number of anilines is 1. The molecule has 6 heteroatoms. The molecule has 0 unspecified atom stereocenters. The SMILES string of the molecule is Cc1cnc(N)n1Cc1cc(Br)c2c(c1)OCCO2. The van der Waals surface area contributed by atoms with Crippen LogP contribution in [0.1, 0.15) is 11.3 Å². The summed E-state index contributed by atoms with van der Waals surface area (Å²) in [6.07, 6.45) is 1.77. The average Bonchev–Trinajstić information content (AvgIpc) is 2.71. The molecule has 3 rings (SSSR count). The van der Waals surface area contributed by atoms with E-state index in [4.69, 9.17) is 15.2 Å². The van der Waals surface area contributed by atoms with E-state index < -0.39 is 0 Å². The van der Waals surface area contributed by atoms with Gasteiger partial charge in [0, 0.05) is 5.69 Å². The molecule has 0 saturated carbocycles. The predicted molar refractivity (Wildman–Crippen MR) is 75.6 cm³/mol. The molecule has 2 heterocycles. The van der Waals surface area contributed by atoms with Crippen molar-refractivity contribution in [1.82, 2.24) is 9.55 Å². The van der Waals surface area contributed by atoms with Crippen LogP contribution in [-0.2, 0) is 6.54 Å². The Morgan fingerprint density at radius 3 is 2.89 bits per heavy atom. The molecule has 0 bridgehead atoms. The molecule has 19 heavy (non-hydrogen) atoms. The molecule has 1 aromatic heterocycles. The van der Waals surface area contributed by atoms with Crippen LogP contribution in [-0.4, -0.2) is 22.8 Å². The third-order valence-electron chi connectivity index (χ3n) is 3.08. The topological polar surface area (TPSA) is 62.3 Å². The van der Waals surface area contributed by atoms with Gasteiger partial charge in [-0.1, -0.05) is 0 Å². The van der Waals surface area contributed by atoms with Crippen LogP contribution < -0.4 is 15.2 Å². The molecule has 0 spiro atoms. The molecule has 0 atom stereocenters. The van der Waals surface area contributed by atoms with Crippen LogP contribution in [0.2, 0.25) is 0 Å². The van der Waals surface area contributed by atoms with Crippen molar-refractivity contribution in [2.45, 2.75) is 13.5 Å². The quantitative estimate of drug-likeness (QED) is 0.921. The van der Waals surface area contributed by atoms with Gasteiger partial charge in [-0.3, -0.25) is 0 Å². The normalized spacial score (nSPS) is 13.6. The van der Waals surface area contributed by atoms with Crippen molar-refractivity contribution >= 4 is 21.9 Å². The zero-order chi connectivity index (χ0) is 13.4. The Bertz CT molecular complexity index is 605. The summed E-state index contributed by atoms with van der Waals surface area (Å²) in [5, 5.41) is 0. The first-order valence-electron chi connectivity index (χ1n) is 6.01. The molecule has 1 aliphatic rings. The third-order valence-corrected chi connectivity index (χ3v) is 3.67. The maximum atomic E-state index is 5.85. The summed E-state index contributed by atoms with van der Waals surface area (Å²) in [6, 6.07) is 4.00. The number of benzene rings is 1. The lowest BCUT2D eigenvalue weighted by atomic mass is 10.2. The zero-order valence-electron chi connectivity index (χ0n) is 10.5. The van der Waals surface area contributed by atoms with E-state index in [0.717, 1.165) is 27.2 Å². The smallest absolute Gasteiger partial charge is 0.200 e. The number of aryl methyl sites for hydroxylation is 1. The summed E-state index contributed by atoms with van der Waals surface area (Å²) < 4.78 is 14.0. The van der Waals surface area contributed by atoms with Gasteiger partial charge >= 0.3 is 0 Å². The number of imidazole rings is 1. The molecule has 5 nitrogen and oxygen atoms in total. The summed E-state index contributed by atoms with van der Waals surface area (Å²) in [5.74, 6) is 2.06. The molecule has 1 aliphatic heterocycles. The first-order chi connectivity index (χ1) is 9.15. The number of hydrogen-bond acceptors (Lipinski definition) is 4. The van der Waals surface area contributed by atoms with E-state index in [0.29, 0.717) is 25.7 Å². The number of halogens is 1. The van der Waals surface area contributed by atoms with E-state index in [1.54, 1.807) is 6.20 Å². The fourth-order valence-corrected chi connectivity index (χ4v) is 2.73. The molecular formula is C13H14BrN3O2. The molecule has 2 aromatic rings. The van der Waals surface area contributed by atoms with E-state index in [-0.39, 0.29) is 0 Å². The average molecular weight is 324 g/mol. The summed E-state index contributed by atoms with van der Waals surface area (Å²) in [5.41, 5.74) is 7.97. The Balaban J connectivity index is 1.96. The molecule has 0 radical (unpaired) electrons. The number of nitrogens with two attached hydrogens (primary N) is 1. The van der Waals surface area contributed by atoms with Crippen molar-refractivity contribution in [2.75, 3.05) is 18.9 Å². The number of nitrogen functional groups attached to an aromatic ring is 1. The van der Waals surface area contributed by atoms with Crippen molar-refractivity contribution in [3.63, 3.8) is 0 Å². The predicted octanol–water partition coefficient (Wildman–Crippen LogP) is 2.36. The number of hydrogen-bond donors (Lipinski definition) is 1. The Kier molecular flexibility index (Phi) is 3.10. The van der Waals surface area contributed by atoms with E-state index in [1.807, 2.05) is 23.6 Å². The van der Waals surface area contributed by atoms with Gasteiger partial charge in [0.05, 0.1) is 17.2 Å². The molecule has 100 valence electrons. The Morgan fingerprint density at radius 2 is 2.16 bits per heavy atom. The highest BCUT2D eigenvalue weighted by molar-refractivity contribution is 9.10. The van der Waals surface area contributed by atoms with Crippen molar-refractivity contribution in [3.8, 4) is 11.5 Å². The number of nitrogens with zero attached hydrogens (tertiary/aromatic N) is 2. The van der Waals surface area contributed by atoms with Gasteiger partial charge in [-0.25, -0.2) is 4.98 Å². The molecule has 0 aliphatic carbocycles. The van der Waals surface area contributed by atoms with Crippen molar-refractivity contribution in [1.29, 1.82) is 0 Å². The molecule has 2 N–H and O–H groups in total. The standard InChI is InChI=1S/C13H14BrN3O2/c1-8-6-16-13(15)17(8)7-9-4-10(14)12-11(5-9)18-2-3-19-12/h4-6H,2-3,7H2,1H3,(H2,15,16). The number of ether oxygens (including phenoxy) is 2. The molecule has 0 amide bonds. The minimum absolute atomic E-state index is 0.517. The van der Waals surface area contributed by atoms with E-state index >= 15 is 0 Å². The van der Waals surface area contributed by atoms with E-state index in [9.17, 15) is 0 Å². The lowest BCUT2D eigenvalue weighted by Gasteiger charge is -2.20. The maximum absolute atomic E-state index is 5.85. The second-order valence-corrected chi connectivity index (χ2v) is 5.30. The van der Waals surface area contributed by atoms with Crippen LogP contribution >= 0.6 is 15.9 Å². The lowest BCUT2D eigenvalue weighted by Crippen LogP contribution is -2.16. The van der Waals surface area contributed by atoms with Crippen LogP contribution in [0.5, 0.6) is 11.5 Å². The van der Waals surface area contributed by atoms with Gasteiger partial charge in [-0.2, -0.15) is 0 Å². The highest BCUT2D eigenvalue weighted by Gasteiger charge is 2.17. The Morgan fingerprint density at radius 1 is 1.37 bits per heavy atom. The fraction of sp³-hybridized carbons (Fsp3) is 0.308. The van der Waals surface area contributed by atoms with E-state index in [1.165, 1.54) is 0 Å². The van der Waals surface area contributed by atoms with Crippen LogP contribution in [0, 0.1) is 6.92 Å². The molecule has 1 aromatic carbocycles. The summed E-state index contributed by atoms with van der Waals surface area (Å²) in [6.45, 7) is 3.80. The second kappa shape index (κ2) is 4.77. The molecule has 0 saturated heterocycles. The van der Waals surface area contributed by atoms with Gasteiger partial charge < -0.3 is 19.8 Å². The third kappa shape index (κ3) is 2.28. The van der Waals surface area contributed by atoms with Crippen LogP contribution in [0.25, 0.3) is 0 Å². The highest BCUT2D eigenvalue weighted by Crippen LogP contribution is 2.38. The summed E-state index contributed by atoms with van der Waals surface area (Å²) >= 11 is 3.51. The van der Waals surface area contributed by atoms with Crippen molar-refractivity contribution in [2.24, 2.45) is 0 Å².